The molecule has 1 fully saturated rings. The second-order valence-electron chi connectivity index (χ2n) is 4.55. The normalized spacial score (nSPS) is 21.1. The SMILES string of the molecule is C[C@H]1CN(Cc2cc(F)cc(C#N)c2)CCN1. The predicted octanol–water partition coefficient (Wildman–Crippen LogP) is 1.49. The van der Waals surface area contributed by atoms with Crippen molar-refractivity contribution in [1.29, 1.82) is 5.26 Å². The van der Waals surface area contributed by atoms with Gasteiger partial charge in [-0.15, -0.1) is 0 Å². The van der Waals surface area contributed by atoms with Crippen LogP contribution in [0.4, 0.5) is 4.39 Å². The molecule has 0 aliphatic carbocycles. The van der Waals surface area contributed by atoms with Gasteiger partial charge in [0.2, 0.25) is 0 Å². The fourth-order valence-corrected chi connectivity index (χ4v) is 2.22. The summed E-state index contributed by atoms with van der Waals surface area (Å²) in [6.45, 7) is 5.72. The summed E-state index contributed by atoms with van der Waals surface area (Å²) < 4.78 is 13.3. The number of hydrogen-bond donors (Lipinski definition) is 1. The molecule has 1 aliphatic heterocycles. The minimum absolute atomic E-state index is 0.331. The molecule has 0 amide bonds. The average Bonchev–Trinajstić information content (AvgIpc) is 2.28. The Kier molecular flexibility index (Phi) is 3.72. The third-order valence-corrected chi connectivity index (χ3v) is 2.95. The van der Waals surface area contributed by atoms with Gasteiger partial charge in [0.15, 0.2) is 0 Å². The molecule has 1 aromatic rings. The van der Waals surface area contributed by atoms with Crippen LogP contribution in [-0.4, -0.2) is 30.6 Å². The van der Waals surface area contributed by atoms with Crippen LogP contribution in [0, 0.1) is 17.1 Å². The topological polar surface area (TPSA) is 39.1 Å². The Balaban J connectivity index is 2.07. The van der Waals surface area contributed by atoms with Gasteiger partial charge in [0.25, 0.3) is 0 Å². The first kappa shape index (κ1) is 12.0. The first-order valence-electron chi connectivity index (χ1n) is 5.82. The van der Waals surface area contributed by atoms with Crippen molar-refractivity contribution in [2.24, 2.45) is 0 Å². The van der Waals surface area contributed by atoms with E-state index in [4.69, 9.17) is 5.26 Å². The molecule has 0 unspecified atom stereocenters. The largest absolute Gasteiger partial charge is 0.312 e. The maximum Gasteiger partial charge on any atom is 0.124 e. The monoisotopic (exact) mass is 233 g/mol. The van der Waals surface area contributed by atoms with E-state index >= 15 is 0 Å². The molecule has 1 saturated heterocycles. The zero-order valence-corrected chi connectivity index (χ0v) is 9.91. The molecule has 1 aliphatic rings. The fourth-order valence-electron chi connectivity index (χ4n) is 2.22. The lowest BCUT2D eigenvalue weighted by atomic mass is 10.1. The van der Waals surface area contributed by atoms with Gasteiger partial charge in [-0.25, -0.2) is 4.39 Å². The molecule has 90 valence electrons. The van der Waals surface area contributed by atoms with Crippen LogP contribution in [-0.2, 0) is 6.54 Å². The highest BCUT2D eigenvalue weighted by atomic mass is 19.1. The van der Waals surface area contributed by atoms with Crippen LogP contribution in [0.5, 0.6) is 0 Å². The minimum atomic E-state index is -0.331. The second kappa shape index (κ2) is 5.26. The summed E-state index contributed by atoms with van der Waals surface area (Å²) in [7, 11) is 0. The second-order valence-corrected chi connectivity index (χ2v) is 4.55. The molecule has 0 bridgehead atoms. The summed E-state index contributed by atoms with van der Waals surface area (Å²) in [5.74, 6) is -0.331. The zero-order valence-electron chi connectivity index (χ0n) is 9.91. The number of halogens is 1. The van der Waals surface area contributed by atoms with Crippen molar-refractivity contribution in [3.05, 3.63) is 35.1 Å². The summed E-state index contributed by atoms with van der Waals surface area (Å²) in [6, 6.07) is 6.98. The Morgan fingerprint density at radius 2 is 2.35 bits per heavy atom. The van der Waals surface area contributed by atoms with E-state index in [1.54, 1.807) is 6.07 Å². The Labute approximate surface area is 101 Å². The van der Waals surface area contributed by atoms with Gasteiger partial charge >= 0.3 is 0 Å². The quantitative estimate of drug-likeness (QED) is 0.841. The van der Waals surface area contributed by atoms with E-state index in [0.717, 1.165) is 25.2 Å². The molecule has 1 atom stereocenters. The average molecular weight is 233 g/mol. The Morgan fingerprint density at radius 3 is 3.06 bits per heavy atom. The van der Waals surface area contributed by atoms with Crippen molar-refractivity contribution in [3.8, 4) is 6.07 Å². The third kappa shape index (κ3) is 3.26. The lowest BCUT2D eigenvalue weighted by Crippen LogP contribution is -2.48. The highest BCUT2D eigenvalue weighted by Crippen LogP contribution is 2.12. The van der Waals surface area contributed by atoms with Crippen molar-refractivity contribution in [2.45, 2.75) is 19.5 Å². The lowest BCUT2D eigenvalue weighted by Gasteiger charge is -2.31. The van der Waals surface area contributed by atoms with E-state index in [2.05, 4.69) is 17.1 Å². The van der Waals surface area contributed by atoms with Crippen LogP contribution in [0.2, 0.25) is 0 Å². The molecule has 0 radical (unpaired) electrons. The Hall–Kier alpha value is -1.44. The summed E-state index contributed by atoms with van der Waals surface area (Å²) in [6.07, 6.45) is 0. The lowest BCUT2D eigenvalue weighted by molar-refractivity contribution is 0.199. The number of nitrogens with one attached hydrogen (secondary N) is 1. The number of nitriles is 1. The summed E-state index contributed by atoms with van der Waals surface area (Å²) in [4.78, 5) is 2.27. The molecular weight excluding hydrogens is 217 g/mol. The van der Waals surface area contributed by atoms with Crippen molar-refractivity contribution >= 4 is 0 Å². The Bertz CT molecular complexity index is 439. The van der Waals surface area contributed by atoms with Crippen LogP contribution in [0.15, 0.2) is 18.2 Å². The first-order valence-corrected chi connectivity index (χ1v) is 5.82. The first-order chi connectivity index (χ1) is 8.17. The van der Waals surface area contributed by atoms with Gasteiger partial charge in [0.1, 0.15) is 5.82 Å². The maximum absolute atomic E-state index is 13.3. The highest BCUT2D eigenvalue weighted by molar-refractivity contribution is 5.33. The van der Waals surface area contributed by atoms with Gasteiger partial charge in [0.05, 0.1) is 11.6 Å². The third-order valence-electron chi connectivity index (χ3n) is 2.95. The molecule has 0 saturated carbocycles. The molecule has 0 aromatic heterocycles. The highest BCUT2D eigenvalue weighted by Gasteiger charge is 2.15. The number of benzene rings is 1. The number of hydrogen-bond acceptors (Lipinski definition) is 3. The fraction of sp³-hybridized carbons (Fsp3) is 0.462. The zero-order chi connectivity index (χ0) is 12.3. The van der Waals surface area contributed by atoms with Crippen molar-refractivity contribution < 1.29 is 4.39 Å². The number of nitrogens with zero attached hydrogens (tertiary/aromatic N) is 2. The van der Waals surface area contributed by atoms with Crippen molar-refractivity contribution in [2.75, 3.05) is 19.6 Å². The van der Waals surface area contributed by atoms with Crippen LogP contribution in [0.25, 0.3) is 0 Å². The van der Waals surface area contributed by atoms with Gasteiger partial charge in [-0.3, -0.25) is 4.90 Å². The van der Waals surface area contributed by atoms with Crippen LogP contribution >= 0.6 is 0 Å². The molecule has 2 rings (SSSR count). The van der Waals surface area contributed by atoms with E-state index in [0.29, 0.717) is 18.2 Å². The van der Waals surface area contributed by atoms with E-state index in [1.807, 2.05) is 6.07 Å². The summed E-state index contributed by atoms with van der Waals surface area (Å²) >= 11 is 0. The van der Waals surface area contributed by atoms with E-state index in [9.17, 15) is 4.39 Å². The maximum atomic E-state index is 13.3. The summed E-state index contributed by atoms with van der Waals surface area (Å²) in [5.41, 5.74) is 1.26. The van der Waals surface area contributed by atoms with Crippen LogP contribution < -0.4 is 5.32 Å². The molecule has 17 heavy (non-hydrogen) atoms. The molecule has 1 heterocycles. The van der Waals surface area contributed by atoms with Gasteiger partial charge in [-0.1, -0.05) is 0 Å². The van der Waals surface area contributed by atoms with Crippen molar-refractivity contribution in [3.63, 3.8) is 0 Å². The van der Waals surface area contributed by atoms with Crippen LogP contribution in [0.1, 0.15) is 18.1 Å². The predicted molar refractivity (Wildman–Crippen MR) is 63.9 cm³/mol. The number of piperazine rings is 1. The molecule has 1 aromatic carbocycles. The molecule has 1 N–H and O–H groups in total. The van der Waals surface area contributed by atoms with Gasteiger partial charge in [-0.05, 0) is 30.7 Å². The smallest absolute Gasteiger partial charge is 0.124 e. The van der Waals surface area contributed by atoms with Crippen molar-refractivity contribution in [1.82, 2.24) is 10.2 Å². The van der Waals surface area contributed by atoms with Crippen LogP contribution in [0.3, 0.4) is 0 Å². The van der Waals surface area contributed by atoms with E-state index < -0.39 is 0 Å². The molecular formula is C13H16FN3. The molecule has 0 spiro atoms. The van der Waals surface area contributed by atoms with Gasteiger partial charge in [0, 0.05) is 32.2 Å². The molecule has 4 heteroatoms. The summed E-state index contributed by atoms with van der Waals surface area (Å²) in [5, 5.41) is 12.2. The minimum Gasteiger partial charge on any atom is -0.312 e. The van der Waals surface area contributed by atoms with Gasteiger partial charge < -0.3 is 5.32 Å². The standard InChI is InChI=1S/C13H16FN3/c1-10-8-17(3-2-16-10)9-12-4-11(7-15)5-13(14)6-12/h4-6,10,16H,2-3,8-9H2,1H3/t10-/m0/s1. The molecule has 3 nitrogen and oxygen atoms in total. The number of rotatable bonds is 2. The van der Waals surface area contributed by atoms with E-state index in [1.165, 1.54) is 12.1 Å². The van der Waals surface area contributed by atoms with Gasteiger partial charge in [-0.2, -0.15) is 5.26 Å². The van der Waals surface area contributed by atoms with E-state index in [-0.39, 0.29) is 5.82 Å². The Morgan fingerprint density at radius 1 is 1.53 bits per heavy atom.